The van der Waals surface area contributed by atoms with Crippen molar-refractivity contribution in [3.8, 4) is 17.1 Å². The number of aromatic nitrogens is 3. The van der Waals surface area contributed by atoms with Gasteiger partial charge in [0.05, 0.1) is 0 Å². The van der Waals surface area contributed by atoms with E-state index in [2.05, 4.69) is 31.1 Å². The van der Waals surface area contributed by atoms with Gasteiger partial charge in [-0.1, -0.05) is 33.2 Å². The zero-order valence-corrected chi connectivity index (χ0v) is 17.7. The van der Waals surface area contributed by atoms with E-state index in [4.69, 9.17) is 14.0 Å². The van der Waals surface area contributed by atoms with Crippen LogP contribution in [0.3, 0.4) is 0 Å². The largest absolute Gasteiger partial charge is 0.486 e. The molecule has 0 fully saturated rings. The second-order valence-electron chi connectivity index (χ2n) is 5.97. The Labute approximate surface area is 182 Å². The van der Waals surface area contributed by atoms with E-state index in [0.717, 1.165) is 10.0 Å². The number of carbonyl (C=O) groups excluding carboxylic acids is 1. The first-order valence-electron chi connectivity index (χ1n) is 8.65. The summed E-state index contributed by atoms with van der Waals surface area (Å²) >= 11 is 4.64. The van der Waals surface area contributed by atoms with Gasteiger partial charge >= 0.3 is 5.97 Å². The second-order valence-corrected chi connectivity index (χ2v) is 7.83. The van der Waals surface area contributed by atoms with E-state index in [0.29, 0.717) is 16.6 Å². The third-order valence-electron chi connectivity index (χ3n) is 3.81. The van der Waals surface area contributed by atoms with Crippen LogP contribution >= 0.6 is 27.3 Å². The van der Waals surface area contributed by atoms with E-state index >= 15 is 0 Å². The van der Waals surface area contributed by atoms with Gasteiger partial charge in [0.15, 0.2) is 12.3 Å². The second kappa shape index (κ2) is 9.14. The van der Waals surface area contributed by atoms with Crippen LogP contribution in [0, 0.1) is 5.82 Å². The van der Waals surface area contributed by atoms with Gasteiger partial charge in [-0.25, -0.2) is 14.2 Å². The SMILES string of the molecule is O=C(OCc1nc(-c2cccc(Br)c2)no1)c1csc(COc2ccc(F)cc2)n1. The van der Waals surface area contributed by atoms with Crippen molar-refractivity contribution in [2.24, 2.45) is 0 Å². The fourth-order valence-corrected chi connectivity index (χ4v) is 3.48. The van der Waals surface area contributed by atoms with E-state index in [-0.39, 0.29) is 30.6 Å². The molecule has 30 heavy (non-hydrogen) atoms. The van der Waals surface area contributed by atoms with Gasteiger partial charge in [-0.05, 0) is 36.4 Å². The highest BCUT2D eigenvalue weighted by atomic mass is 79.9. The van der Waals surface area contributed by atoms with Crippen LogP contribution in [-0.2, 0) is 18.0 Å². The number of rotatable bonds is 7. The summed E-state index contributed by atoms with van der Waals surface area (Å²) in [6.07, 6.45) is 0. The topological polar surface area (TPSA) is 87.3 Å². The van der Waals surface area contributed by atoms with Crippen LogP contribution in [0.5, 0.6) is 5.75 Å². The van der Waals surface area contributed by atoms with Crippen molar-refractivity contribution < 1.29 is 23.2 Å². The molecule has 0 amide bonds. The Bertz CT molecular complexity index is 1160. The summed E-state index contributed by atoms with van der Waals surface area (Å²) in [5.41, 5.74) is 0.931. The first-order chi connectivity index (χ1) is 14.6. The first-order valence-corrected chi connectivity index (χ1v) is 10.3. The summed E-state index contributed by atoms with van der Waals surface area (Å²) in [5, 5.41) is 6.05. The lowest BCUT2D eigenvalue weighted by Crippen LogP contribution is -2.06. The molecule has 2 heterocycles. The molecule has 0 atom stereocenters. The average molecular weight is 490 g/mol. The fourth-order valence-electron chi connectivity index (χ4n) is 2.41. The summed E-state index contributed by atoms with van der Waals surface area (Å²) in [7, 11) is 0. The summed E-state index contributed by atoms with van der Waals surface area (Å²) in [6.45, 7) is -0.0119. The summed E-state index contributed by atoms with van der Waals surface area (Å²) in [5.74, 6) is 0.131. The van der Waals surface area contributed by atoms with Crippen LogP contribution in [0.2, 0.25) is 0 Å². The summed E-state index contributed by atoms with van der Waals surface area (Å²) < 4.78 is 29.6. The molecule has 0 saturated heterocycles. The smallest absolute Gasteiger partial charge is 0.358 e. The maximum absolute atomic E-state index is 12.9. The number of carbonyl (C=O) groups is 1. The van der Waals surface area contributed by atoms with Crippen molar-refractivity contribution in [2.45, 2.75) is 13.2 Å². The molecule has 7 nitrogen and oxygen atoms in total. The molecule has 0 unspecified atom stereocenters. The minimum absolute atomic E-state index is 0.156. The Morgan fingerprint density at radius 3 is 2.77 bits per heavy atom. The minimum Gasteiger partial charge on any atom is -0.486 e. The molecule has 0 aliphatic heterocycles. The summed E-state index contributed by atoms with van der Waals surface area (Å²) in [6, 6.07) is 13.1. The number of ether oxygens (including phenoxy) is 2. The van der Waals surface area contributed by atoms with Crippen molar-refractivity contribution >= 4 is 33.2 Å². The monoisotopic (exact) mass is 489 g/mol. The van der Waals surface area contributed by atoms with Crippen molar-refractivity contribution in [2.75, 3.05) is 0 Å². The van der Waals surface area contributed by atoms with Crippen LogP contribution in [0.1, 0.15) is 21.4 Å². The molecule has 0 aliphatic carbocycles. The lowest BCUT2D eigenvalue weighted by Gasteiger charge is -2.03. The van der Waals surface area contributed by atoms with Gasteiger partial charge in [0, 0.05) is 15.4 Å². The molecule has 2 aromatic carbocycles. The number of nitrogens with zero attached hydrogens (tertiary/aromatic N) is 3. The highest BCUT2D eigenvalue weighted by molar-refractivity contribution is 9.10. The van der Waals surface area contributed by atoms with Crippen LogP contribution in [-0.4, -0.2) is 21.1 Å². The van der Waals surface area contributed by atoms with E-state index in [1.54, 1.807) is 5.38 Å². The van der Waals surface area contributed by atoms with Gasteiger partial charge in [-0.15, -0.1) is 11.3 Å². The highest BCUT2D eigenvalue weighted by Gasteiger charge is 2.16. The molecule has 10 heteroatoms. The van der Waals surface area contributed by atoms with E-state index in [1.807, 2.05) is 24.3 Å². The van der Waals surface area contributed by atoms with Crippen LogP contribution < -0.4 is 4.74 Å². The van der Waals surface area contributed by atoms with E-state index in [9.17, 15) is 9.18 Å². The Kier molecular flexibility index (Phi) is 6.15. The van der Waals surface area contributed by atoms with E-state index in [1.165, 1.54) is 35.6 Å². The van der Waals surface area contributed by atoms with E-state index < -0.39 is 5.97 Å². The minimum atomic E-state index is -0.610. The van der Waals surface area contributed by atoms with Gasteiger partial charge in [-0.2, -0.15) is 4.98 Å². The Morgan fingerprint density at radius 1 is 1.13 bits per heavy atom. The molecule has 152 valence electrons. The predicted octanol–water partition coefficient (Wildman–Crippen LogP) is 5.03. The third-order valence-corrected chi connectivity index (χ3v) is 5.13. The average Bonchev–Trinajstić information content (AvgIpc) is 3.41. The molecule has 0 bridgehead atoms. The standard InChI is InChI=1S/C20H13BrFN3O4S/c21-13-3-1-2-12(8-13)19-24-17(29-25-19)9-28-20(26)16-11-30-18(23-16)10-27-15-6-4-14(22)5-7-15/h1-8,11H,9-10H2. The van der Waals surface area contributed by atoms with Crippen LogP contribution in [0.4, 0.5) is 4.39 Å². The van der Waals surface area contributed by atoms with Gasteiger partial charge < -0.3 is 14.0 Å². The van der Waals surface area contributed by atoms with Gasteiger partial charge in [0.25, 0.3) is 5.89 Å². The van der Waals surface area contributed by atoms with Crippen molar-refractivity contribution in [1.82, 2.24) is 15.1 Å². The summed E-state index contributed by atoms with van der Waals surface area (Å²) in [4.78, 5) is 20.6. The predicted molar refractivity (Wildman–Crippen MR) is 109 cm³/mol. The number of hydrogen-bond donors (Lipinski definition) is 0. The number of hydrogen-bond acceptors (Lipinski definition) is 8. The highest BCUT2D eigenvalue weighted by Crippen LogP contribution is 2.21. The number of esters is 1. The lowest BCUT2D eigenvalue weighted by molar-refractivity contribution is 0.0423. The Hall–Kier alpha value is -3.11. The number of halogens is 2. The Balaban J connectivity index is 1.31. The molecule has 4 rings (SSSR count). The van der Waals surface area contributed by atoms with Crippen molar-refractivity contribution in [1.29, 1.82) is 0 Å². The van der Waals surface area contributed by atoms with Gasteiger partial charge in [-0.3, -0.25) is 0 Å². The normalized spacial score (nSPS) is 10.7. The lowest BCUT2D eigenvalue weighted by atomic mass is 10.2. The molecule has 4 aromatic rings. The van der Waals surface area contributed by atoms with Gasteiger partial charge in [0.2, 0.25) is 5.82 Å². The molecular formula is C20H13BrFN3O4S. The zero-order chi connectivity index (χ0) is 20.9. The maximum atomic E-state index is 12.9. The number of thiazole rings is 1. The molecule has 0 aliphatic rings. The molecule has 2 aromatic heterocycles. The van der Waals surface area contributed by atoms with Gasteiger partial charge in [0.1, 0.15) is 23.2 Å². The van der Waals surface area contributed by atoms with Crippen molar-refractivity contribution in [3.63, 3.8) is 0 Å². The molecule has 0 radical (unpaired) electrons. The molecule has 0 saturated carbocycles. The van der Waals surface area contributed by atoms with Crippen LogP contribution in [0.15, 0.2) is 62.9 Å². The first kappa shape index (κ1) is 20.2. The quantitative estimate of drug-likeness (QED) is 0.336. The molecular weight excluding hydrogens is 477 g/mol. The fraction of sp³-hybridized carbons (Fsp3) is 0.100. The van der Waals surface area contributed by atoms with Crippen molar-refractivity contribution in [3.05, 3.63) is 80.8 Å². The maximum Gasteiger partial charge on any atom is 0.358 e. The molecule has 0 spiro atoms. The Morgan fingerprint density at radius 2 is 1.97 bits per heavy atom. The zero-order valence-electron chi connectivity index (χ0n) is 15.2. The van der Waals surface area contributed by atoms with Crippen LogP contribution in [0.25, 0.3) is 11.4 Å². The number of benzene rings is 2. The molecule has 0 N–H and O–H groups in total. The third kappa shape index (κ3) is 5.08.